The molecular weight excluding hydrogens is 272 g/mol. The minimum Gasteiger partial charge on any atom is -0.337 e. The molecule has 0 saturated carbocycles. The van der Waals surface area contributed by atoms with Crippen molar-refractivity contribution in [2.75, 3.05) is 6.54 Å². The van der Waals surface area contributed by atoms with Crippen molar-refractivity contribution in [2.45, 2.75) is 17.6 Å². The Labute approximate surface area is 103 Å². The Kier molecular flexibility index (Phi) is 4.57. The van der Waals surface area contributed by atoms with Crippen LogP contribution in [0.1, 0.15) is 13.3 Å². The molecule has 0 spiro atoms. The van der Waals surface area contributed by atoms with E-state index in [-0.39, 0.29) is 4.21 Å². The second-order valence-electron chi connectivity index (χ2n) is 2.92. The van der Waals surface area contributed by atoms with Gasteiger partial charge in [0.05, 0.1) is 4.34 Å². The zero-order chi connectivity index (χ0) is 12.2. The zero-order valence-corrected chi connectivity index (χ0v) is 10.9. The lowest BCUT2D eigenvalue weighted by atomic mass is 10.5. The fraction of sp³-hybridized carbons (Fsp3) is 0.375. The Morgan fingerprint density at radius 1 is 1.50 bits per heavy atom. The van der Waals surface area contributed by atoms with Crippen molar-refractivity contribution in [2.24, 2.45) is 0 Å². The molecule has 5 nitrogen and oxygen atoms in total. The average molecular weight is 283 g/mol. The second kappa shape index (κ2) is 5.51. The first-order valence-corrected chi connectivity index (χ1v) is 7.19. The third kappa shape index (κ3) is 3.66. The van der Waals surface area contributed by atoms with E-state index in [0.717, 1.165) is 17.8 Å². The highest BCUT2D eigenvalue weighted by Gasteiger charge is 2.19. The minimum atomic E-state index is -3.80. The molecule has 16 heavy (non-hydrogen) atoms. The van der Waals surface area contributed by atoms with Gasteiger partial charge in [-0.15, -0.1) is 11.3 Å². The van der Waals surface area contributed by atoms with Crippen LogP contribution in [0.25, 0.3) is 0 Å². The zero-order valence-electron chi connectivity index (χ0n) is 8.49. The number of hydrogen-bond donors (Lipinski definition) is 2. The van der Waals surface area contributed by atoms with Crippen molar-refractivity contribution in [1.29, 1.82) is 0 Å². The van der Waals surface area contributed by atoms with Crippen molar-refractivity contribution in [3.05, 3.63) is 16.5 Å². The van der Waals surface area contributed by atoms with Crippen molar-refractivity contribution in [3.8, 4) is 0 Å². The number of halogens is 1. The number of hydrogen-bond acceptors (Lipinski definition) is 4. The first-order chi connectivity index (χ1) is 7.45. The van der Waals surface area contributed by atoms with Crippen LogP contribution in [0.3, 0.4) is 0 Å². The van der Waals surface area contributed by atoms with E-state index in [2.05, 4.69) is 5.32 Å². The van der Waals surface area contributed by atoms with E-state index in [1.807, 2.05) is 11.6 Å². The van der Waals surface area contributed by atoms with Crippen LogP contribution in [0.15, 0.2) is 16.3 Å². The maximum Gasteiger partial charge on any atom is 0.328 e. The highest BCUT2D eigenvalue weighted by Crippen LogP contribution is 2.25. The first-order valence-electron chi connectivity index (χ1n) is 4.51. The molecule has 2 amide bonds. The molecule has 0 aromatic carbocycles. The number of amides is 2. The molecule has 0 aliphatic rings. The van der Waals surface area contributed by atoms with E-state index in [0.29, 0.717) is 10.9 Å². The van der Waals surface area contributed by atoms with Crippen molar-refractivity contribution in [3.63, 3.8) is 0 Å². The molecule has 1 aromatic heterocycles. The molecule has 8 heteroatoms. The van der Waals surface area contributed by atoms with Gasteiger partial charge in [0, 0.05) is 6.54 Å². The molecule has 1 heterocycles. The maximum atomic E-state index is 11.6. The van der Waals surface area contributed by atoms with Gasteiger partial charge in [0.25, 0.3) is 10.0 Å². The quantitative estimate of drug-likeness (QED) is 0.884. The predicted molar refractivity (Wildman–Crippen MR) is 63.3 cm³/mol. The van der Waals surface area contributed by atoms with Crippen molar-refractivity contribution < 1.29 is 13.2 Å². The number of rotatable bonds is 4. The molecule has 2 N–H and O–H groups in total. The highest BCUT2D eigenvalue weighted by atomic mass is 35.5. The van der Waals surface area contributed by atoms with E-state index in [9.17, 15) is 13.2 Å². The van der Waals surface area contributed by atoms with Gasteiger partial charge in [0.15, 0.2) is 0 Å². The minimum absolute atomic E-state index is 0.0177. The SMILES string of the molecule is CCCNC(=O)NS(=O)(=O)c1ccc(Cl)s1. The summed E-state index contributed by atoms with van der Waals surface area (Å²) >= 11 is 6.51. The van der Waals surface area contributed by atoms with Crippen LogP contribution in [0.4, 0.5) is 4.79 Å². The fourth-order valence-corrected chi connectivity index (χ4v) is 3.30. The van der Waals surface area contributed by atoms with Crippen molar-refractivity contribution >= 4 is 39.0 Å². The van der Waals surface area contributed by atoms with Gasteiger partial charge in [0.1, 0.15) is 4.21 Å². The fourth-order valence-electron chi connectivity index (χ4n) is 0.889. The van der Waals surface area contributed by atoms with Crippen molar-refractivity contribution in [1.82, 2.24) is 10.0 Å². The molecule has 0 fully saturated rings. The maximum absolute atomic E-state index is 11.6. The summed E-state index contributed by atoms with van der Waals surface area (Å²) in [7, 11) is -3.80. The van der Waals surface area contributed by atoms with E-state index in [1.165, 1.54) is 12.1 Å². The Hall–Kier alpha value is -0.790. The second-order valence-corrected chi connectivity index (χ2v) is 6.54. The summed E-state index contributed by atoms with van der Waals surface area (Å²) in [5, 5.41) is 2.41. The van der Waals surface area contributed by atoms with Gasteiger partial charge in [-0.05, 0) is 18.6 Å². The Morgan fingerprint density at radius 2 is 2.19 bits per heavy atom. The number of carbonyl (C=O) groups excluding carboxylic acids is 1. The van der Waals surface area contributed by atoms with Crippen LogP contribution < -0.4 is 10.0 Å². The van der Waals surface area contributed by atoms with Gasteiger partial charge < -0.3 is 5.32 Å². The number of urea groups is 1. The molecule has 1 rings (SSSR count). The first kappa shape index (κ1) is 13.3. The molecular formula is C8H11ClN2O3S2. The van der Waals surface area contributed by atoms with E-state index in [1.54, 1.807) is 0 Å². The summed E-state index contributed by atoms with van der Waals surface area (Å²) in [6.07, 6.45) is 0.734. The summed E-state index contributed by atoms with van der Waals surface area (Å²) in [5.74, 6) is 0. The van der Waals surface area contributed by atoms with Gasteiger partial charge in [-0.1, -0.05) is 18.5 Å². The van der Waals surface area contributed by atoms with Crippen LogP contribution >= 0.6 is 22.9 Å². The Bertz CT molecular complexity index is 469. The lowest BCUT2D eigenvalue weighted by molar-refractivity contribution is 0.246. The van der Waals surface area contributed by atoms with Gasteiger partial charge >= 0.3 is 6.03 Å². The topological polar surface area (TPSA) is 75.3 Å². The summed E-state index contributed by atoms with van der Waals surface area (Å²) in [6, 6.07) is 2.08. The van der Waals surface area contributed by atoms with Crippen LogP contribution in [0.2, 0.25) is 4.34 Å². The smallest absolute Gasteiger partial charge is 0.328 e. The Balaban J connectivity index is 2.69. The average Bonchev–Trinajstić information content (AvgIpc) is 2.62. The van der Waals surface area contributed by atoms with E-state index < -0.39 is 16.1 Å². The third-order valence-electron chi connectivity index (χ3n) is 1.58. The highest BCUT2D eigenvalue weighted by molar-refractivity contribution is 7.92. The number of carbonyl (C=O) groups is 1. The monoisotopic (exact) mass is 282 g/mol. The lowest BCUT2D eigenvalue weighted by Crippen LogP contribution is -2.39. The molecule has 0 aliphatic heterocycles. The normalized spacial score (nSPS) is 11.1. The summed E-state index contributed by atoms with van der Waals surface area (Å²) in [5.41, 5.74) is 0. The summed E-state index contributed by atoms with van der Waals surface area (Å²) in [6.45, 7) is 2.29. The third-order valence-corrected chi connectivity index (χ3v) is 4.63. The number of nitrogens with one attached hydrogen (secondary N) is 2. The van der Waals surface area contributed by atoms with Crippen LogP contribution in [0.5, 0.6) is 0 Å². The molecule has 90 valence electrons. The van der Waals surface area contributed by atoms with Gasteiger partial charge in [-0.3, -0.25) is 0 Å². The van der Waals surface area contributed by atoms with Crippen LogP contribution in [0, 0.1) is 0 Å². The van der Waals surface area contributed by atoms with Gasteiger partial charge in [0.2, 0.25) is 0 Å². The largest absolute Gasteiger partial charge is 0.337 e. The number of thiophene rings is 1. The molecule has 0 unspecified atom stereocenters. The molecule has 1 aromatic rings. The molecule has 0 aliphatic carbocycles. The van der Waals surface area contributed by atoms with E-state index in [4.69, 9.17) is 11.6 Å². The van der Waals surface area contributed by atoms with Crippen LogP contribution in [-0.4, -0.2) is 21.0 Å². The van der Waals surface area contributed by atoms with Gasteiger partial charge in [-0.25, -0.2) is 17.9 Å². The summed E-state index contributed by atoms with van der Waals surface area (Å²) in [4.78, 5) is 11.2. The molecule has 0 bridgehead atoms. The predicted octanol–water partition coefficient (Wildman–Crippen LogP) is 1.80. The molecule has 0 atom stereocenters. The van der Waals surface area contributed by atoms with Gasteiger partial charge in [-0.2, -0.15) is 0 Å². The molecule has 0 radical (unpaired) electrons. The molecule has 0 saturated heterocycles. The number of sulfonamides is 1. The Morgan fingerprint density at radius 3 is 2.69 bits per heavy atom. The standard InChI is InChI=1S/C8H11ClN2O3S2/c1-2-5-10-8(12)11-16(13,14)7-4-3-6(9)15-7/h3-4H,2,5H2,1H3,(H2,10,11,12). The lowest BCUT2D eigenvalue weighted by Gasteiger charge is -2.05. The van der Waals surface area contributed by atoms with Crippen LogP contribution in [-0.2, 0) is 10.0 Å². The summed E-state index contributed by atoms with van der Waals surface area (Å²) < 4.78 is 25.5. The van der Waals surface area contributed by atoms with E-state index >= 15 is 0 Å².